The standard InChI is InChI=1S/C22H27N5O2S/c1-16-5-3-4-6-20(16)24-21(28)12-22-23-19(15-30-22)14-27-9-7-26(8-10-27)13-18-11-17(2)29-25-18/h3-6,11,15H,7-10,12-14H2,1-2H3,(H,24,28). The van der Waals surface area contributed by atoms with Crippen LogP contribution in [0, 0.1) is 13.8 Å². The van der Waals surface area contributed by atoms with Gasteiger partial charge < -0.3 is 9.84 Å². The predicted octanol–water partition coefficient (Wildman–Crippen LogP) is 3.25. The number of hydrogen-bond acceptors (Lipinski definition) is 7. The molecule has 30 heavy (non-hydrogen) atoms. The lowest BCUT2D eigenvalue weighted by Gasteiger charge is -2.33. The molecule has 1 aromatic carbocycles. The van der Waals surface area contributed by atoms with Gasteiger partial charge in [0, 0.05) is 56.4 Å². The van der Waals surface area contributed by atoms with E-state index in [9.17, 15) is 4.79 Å². The number of benzene rings is 1. The largest absolute Gasteiger partial charge is 0.361 e. The Hall–Kier alpha value is -2.55. The van der Waals surface area contributed by atoms with Crippen LogP contribution in [0.3, 0.4) is 0 Å². The molecule has 3 heterocycles. The molecule has 0 spiro atoms. The van der Waals surface area contributed by atoms with E-state index in [0.717, 1.165) is 72.7 Å². The van der Waals surface area contributed by atoms with Gasteiger partial charge in [-0.15, -0.1) is 11.3 Å². The number of carbonyl (C=O) groups is 1. The summed E-state index contributed by atoms with van der Waals surface area (Å²) in [5.74, 6) is 0.831. The molecule has 1 N–H and O–H groups in total. The van der Waals surface area contributed by atoms with E-state index in [0.29, 0.717) is 6.42 Å². The van der Waals surface area contributed by atoms with Crippen molar-refractivity contribution in [2.45, 2.75) is 33.4 Å². The summed E-state index contributed by atoms with van der Waals surface area (Å²) in [5.41, 5.74) is 3.95. The molecule has 1 aliphatic rings. The summed E-state index contributed by atoms with van der Waals surface area (Å²) in [6.45, 7) is 9.57. The number of piperazine rings is 1. The normalized spacial score (nSPS) is 15.4. The molecule has 7 nitrogen and oxygen atoms in total. The van der Waals surface area contributed by atoms with Gasteiger partial charge in [-0.1, -0.05) is 23.4 Å². The fraction of sp³-hybridized carbons (Fsp3) is 0.409. The van der Waals surface area contributed by atoms with Crippen molar-refractivity contribution in [3.05, 3.63) is 63.4 Å². The Morgan fingerprint density at radius 1 is 1.10 bits per heavy atom. The van der Waals surface area contributed by atoms with Crippen molar-refractivity contribution in [2.24, 2.45) is 0 Å². The number of carbonyl (C=O) groups excluding carboxylic acids is 1. The second-order valence-electron chi connectivity index (χ2n) is 7.75. The van der Waals surface area contributed by atoms with Crippen LogP contribution in [0.15, 0.2) is 40.2 Å². The topological polar surface area (TPSA) is 74.5 Å². The monoisotopic (exact) mass is 425 g/mol. The number of thiazole rings is 1. The van der Waals surface area contributed by atoms with E-state index in [-0.39, 0.29) is 5.91 Å². The van der Waals surface area contributed by atoms with Crippen molar-refractivity contribution in [2.75, 3.05) is 31.5 Å². The third-order valence-electron chi connectivity index (χ3n) is 5.24. The highest BCUT2D eigenvalue weighted by molar-refractivity contribution is 7.09. The Kier molecular flexibility index (Phi) is 6.56. The molecule has 1 saturated heterocycles. The molecule has 0 radical (unpaired) electrons. The van der Waals surface area contributed by atoms with Gasteiger partial charge in [0.05, 0.1) is 17.8 Å². The summed E-state index contributed by atoms with van der Waals surface area (Å²) in [7, 11) is 0. The van der Waals surface area contributed by atoms with Gasteiger partial charge >= 0.3 is 0 Å². The summed E-state index contributed by atoms with van der Waals surface area (Å²) in [6, 6.07) is 9.80. The first-order valence-corrected chi connectivity index (χ1v) is 11.1. The van der Waals surface area contributed by atoms with Gasteiger partial charge in [-0.3, -0.25) is 14.6 Å². The van der Waals surface area contributed by atoms with Crippen molar-refractivity contribution in [3.8, 4) is 0 Å². The number of para-hydroxylation sites is 1. The molecule has 0 unspecified atom stereocenters. The lowest BCUT2D eigenvalue weighted by molar-refractivity contribution is -0.115. The van der Waals surface area contributed by atoms with Crippen molar-refractivity contribution in [1.82, 2.24) is 19.9 Å². The van der Waals surface area contributed by atoms with Crippen LogP contribution in [-0.2, 0) is 24.3 Å². The molecule has 1 fully saturated rings. The number of aromatic nitrogens is 2. The fourth-order valence-corrected chi connectivity index (χ4v) is 4.39. The highest BCUT2D eigenvalue weighted by atomic mass is 32.1. The molecule has 0 bridgehead atoms. The zero-order chi connectivity index (χ0) is 20.9. The van der Waals surface area contributed by atoms with Gasteiger partial charge in [0.25, 0.3) is 0 Å². The van der Waals surface area contributed by atoms with E-state index in [1.807, 2.05) is 44.2 Å². The molecular weight excluding hydrogens is 398 g/mol. The van der Waals surface area contributed by atoms with E-state index in [4.69, 9.17) is 4.52 Å². The maximum atomic E-state index is 12.3. The first kappa shape index (κ1) is 20.7. The van der Waals surface area contributed by atoms with Crippen LogP contribution < -0.4 is 5.32 Å². The molecule has 158 valence electrons. The molecule has 4 rings (SSSR count). The van der Waals surface area contributed by atoms with Crippen LogP contribution in [0.5, 0.6) is 0 Å². The summed E-state index contributed by atoms with van der Waals surface area (Å²) in [5, 5.41) is 9.99. The van der Waals surface area contributed by atoms with Crippen LogP contribution in [0.25, 0.3) is 0 Å². The lowest BCUT2D eigenvalue weighted by Crippen LogP contribution is -2.45. The number of anilines is 1. The number of hydrogen-bond donors (Lipinski definition) is 1. The minimum Gasteiger partial charge on any atom is -0.361 e. The molecule has 0 aliphatic carbocycles. The third-order valence-corrected chi connectivity index (χ3v) is 6.14. The lowest BCUT2D eigenvalue weighted by atomic mass is 10.2. The average molecular weight is 426 g/mol. The van der Waals surface area contributed by atoms with Gasteiger partial charge in [0.1, 0.15) is 10.8 Å². The van der Waals surface area contributed by atoms with E-state index in [1.165, 1.54) is 0 Å². The van der Waals surface area contributed by atoms with Gasteiger partial charge in [0.2, 0.25) is 5.91 Å². The van der Waals surface area contributed by atoms with Gasteiger partial charge in [0.15, 0.2) is 0 Å². The third kappa shape index (κ3) is 5.53. The highest BCUT2D eigenvalue weighted by Gasteiger charge is 2.19. The fourth-order valence-electron chi connectivity index (χ4n) is 3.60. The smallest absolute Gasteiger partial charge is 0.231 e. The number of amides is 1. The zero-order valence-electron chi connectivity index (χ0n) is 17.4. The first-order chi connectivity index (χ1) is 14.5. The number of nitrogens with zero attached hydrogens (tertiary/aromatic N) is 4. The second kappa shape index (κ2) is 9.51. The van der Waals surface area contributed by atoms with E-state index in [2.05, 4.69) is 30.6 Å². The van der Waals surface area contributed by atoms with Crippen LogP contribution in [0.1, 0.15) is 27.7 Å². The van der Waals surface area contributed by atoms with Crippen LogP contribution >= 0.6 is 11.3 Å². The number of rotatable bonds is 7. The van der Waals surface area contributed by atoms with E-state index in [1.54, 1.807) is 11.3 Å². The van der Waals surface area contributed by atoms with Crippen molar-refractivity contribution >= 4 is 22.9 Å². The van der Waals surface area contributed by atoms with Crippen molar-refractivity contribution in [3.63, 3.8) is 0 Å². The minimum absolute atomic E-state index is 0.0260. The zero-order valence-corrected chi connectivity index (χ0v) is 18.2. The summed E-state index contributed by atoms with van der Waals surface area (Å²) < 4.78 is 5.15. The molecular formula is C22H27N5O2S. The van der Waals surface area contributed by atoms with Gasteiger partial charge in [-0.05, 0) is 25.5 Å². The minimum atomic E-state index is -0.0260. The summed E-state index contributed by atoms with van der Waals surface area (Å²) in [4.78, 5) is 21.8. The predicted molar refractivity (Wildman–Crippen MR) is 117 cm³/mol. The Morgan fingerprint density at radius 2 is 1.80 bits per heavy atom. The second-order valence-corrected chi connectivity index (χ2v) is 8.70. The quantitative estimate of drug-likeness (QED) is 0.626. The SMILES string of the molecule is Cc1cc(CN2CCN(Cc3csc(CC(=O)Nc4ccccc4C)n3)CC2)no1. The van der Waals surface area contributed by atoms with E-state index < -0.39 is 0 Å². The Morgan fingerprint density at radius 3 is 2.47 bits per heavy atom. The average Bonchev–Trinajstić information content (AvgIpc) is 3.33. The van der Waals surface area contributed by atoms with Crippen LogP contribution in [0.2, 0.25) is 0 Å². The number of aryl methyl sites for hydroxylation is 2. The maximum Gasteiger partial charge on any atom is 0.231 e. The van der Waals surface area contributed by atoms with Crippen molar-refractivity contribution in [1.29, 1.82) is 0 Å². The molecule has 8 heteroatoms. The Balaban J connectivity index is 1.23. The summed E-state index contributed by atoms with van der Waals surface area (Å²) >= 11 is 1.56. The number of nitrogens with one attached hydrogen (secondary N) is 1. The molecule has 0 atom stereocenters. The van der Waals surface area contributed by atoms with Crippen molar-refractivity contribution < 1.29 is 9.32 Å². The highest BCUT2D eigenvalue weighted by Crippen LogP contribution is 2.17. The first-order valence-electron chi connectivity index (χ1n) is 10.2. The molecule has 0 saturated carbocycles. The van der Waals surface area contributed by atoms with Crippen LogP contribution in [-0.4, -0.2) is 52.0 Å². The summed E-state index contributed by atoms with van der Waals surface area (Å²) in [6.07, 6.45) is 0.309. The molecule has 2 aromatic heterocycles. The molecule has 1 amide bonds. The molecule has 1 aliphatic heterocycles. The molecule has 3 aromatic rings. The van der Waals surface area contributed by atoms with E-state index >= 15 is 0 Å². The van der Waals surface area contributed by atoms with Crippen LogP contribution in [0.4, 0.5) is 5.69 Å². The Labute approximate surface area is 180 Å². The maximum absolute atomic E-state index is 12.3. The van der Waals surface area contributed by atoms with Gasteiger partial charge in [-0.2, -0.15) is 0 Å². The Bertz CT molecular complexity index is 991. The van der Waals surface area contributed by atoms with Gasteiger partial charge in [-0.25, -0.2) is 4.98 Å².